The maximum atomic E-state index is 12.9. The molecule has 0 N–H and O–H groups in total. The van der Waals surface area contributed by atoms with Gasteiger partial charge >= 0.3 is 0 Å². The van der Waals surface area contributed by atoms with E-state index in [1.807, 2.05) is 0 Å². The lowest BCUT2D eigenvalue weighted by Crippen LogP contribution is -2.48. The average molecular weight is 312 g/mol. The zero-order valence-electron chi connectivity index (χ0n) is 14.2. The number of fused-ring (bicyclic) bond motifs is 1. The Hall–Kier alpha value is -1.35. The van der Waals surface area contributed by atoms with E-state index in [0.29, 0.717) is 29.8 Å². The van der Waals surface area contributed by atoms with Gasteiger partial charge in [-0.15, -0.1) is 0 Å². The standard InChI is InChI=1S/C20H28N2O/c1-21-13-7-3-6-10-18-19(21)17(15-8-4-2-5-9-15)14-22(18)20(23)16-11-12-16/h2,4-5,8-9,16-19H,3,6-7,10-14H2,1H3/t17-,18+,19-/m0/s1. The monoisotopic (exact) mass is 312 g/mol. The first-order valence-corrected chi connectivity index (χ1v) is 9.31. The third kappa shape index (κ3) is 2.91. The summed E-state index contributed by atoms with van der Waals surface area (Å²) in [6.07, 6.45) is 7.26. The van der Waals surface area contributed by atoms with Crippen LogP contribution in [0.15, 0.2) is 30.3 Å². The van der Waals surface area contributed by atoms with Gasteiger partial charge in [0, 0.05) is 30.5 Å². The number of likely N-dealkylation sites (tertiary alicyclic amines) is 2. The molecule has 1 aliphatic carbocycles. The summed E-state index contributed by atoms with van der Waals surface area (Å²) in [5, 5.41) is 0. The van der Waals surface area contributed by atoms with Crippen molar-refractivity contribution in [1.82, 2.24) is 9.80 Å². The molecule has 2 heterocycles. The van der Waals surface area contributed by atoms with E-state index in [2.05, 4.69) is 47.2 Å². The van der Waals surface area contributed by atoms with Crippen LogP contribution in [0, 0.1) is 5.92 Å². The van der Waals surface area contributed by atoms with Crippen molar-refractivity contribution < 1.29 is 4.79 Å². The normalized spacial score (nSPS) is 32.2. The molecule has 1 saturated carbocycles. The second-order valence-corrected chi connectivity index (χ2v) is 7.67. The van der Waals surface area contributed by atoms with Gasteiger partial charge in [0.25, 0.3) is 0 Å². The van der Waals surface area contributed by atoms with Crippen LogP contribution in [0.3, 0.4) is 0 Å². The topological polar surface area (TPSA) is 23.6 Å². The molecule has 0 radical (unpaired) electrons. The Morgan fingerprint density at radius 1 is 1.04 bits per heavy atom. The molecular formula is C20H28N2O. The number of nitrogens with zero attached hydrogens (tertiary/aromatic N) is 2. The number of hydrogen-bond acceptors (Lipinski definition) is 2. The smallest absolute Gasteiger partial charge is 0.226 e. The van der Waals surface area contributed by atoms with Gasteiger partial charge < -0.3 is 9.80 Å². The number of hydrogen-bond donors (Lipinski definition) is 0. The summed E-state index contributed by atoms with van der Waals surface area (Å²) in [5.41, 5.74) is 1.40. The highest BCUT2D eigenvalue weighted by Gasteiger charge is 2.48. The maximum absolute atomic E-state index is 12.9. The summed E-state index contributed by atoms with van der Waals surface area (Å²) >= 11 is 0. The molecule has 1 amide bonds. The molecule has 3 atom stereocenters. The van der Waals surface area contributed by atoms with Crippen molar-refractivity contribution in [3.05, 3.63) is 35.9 Å². The van der Waals surface area contributed by atoms with E-state index in [1.165, 1.54) is 31.2 Å². The number of carbonyl (C=O) groups excluding carboxylic acids is 1. The van der Waals surface area contributed by atoms with Crippen LogP contribution in [0.2, 0.25) is 0 Å². The minimum absolute atomic E-state index is 0.334. The minimum Gasteiger partial charge on any atom is -0.337 e. The third-order valence-corrected chi connectivity index (χ3v) is 6.06. The van der Waals surface area contributed by atoms with Crippen molar-refractivity contribution in [3.8, 4) is 0 Å². The number of rotatable bonds is 2. The van der Waals surface area contributed by atoms with Gasteiger partial charge in [-0.05, 0) is 44.8 Å². The van der Waals surface area contributed by atoms with Crippen LogP contribution in [0.4, 0.5) is 0 Å². The van der Waals surface area contributed by atoms with Gasteiger partial charge in [0.05, 0.1) is 0 Å². The minimum atomic E-state index is 0.334. The van der Waals surface area contributed by atoms with Gasteiger partial charge in [-0.1, -0.05) is 43.2 Å². The van der Waals surface area contributed by atoms with E-state index in [-0.39, 0.29) is 0 Å². The van der Waals surface area contributed by atoms with Crippen molar-refractivity contribution in [3.63, 3.8) is 0 Å². The van der Waals surface area contributed by atoms with Crippen molar-refractivity contribution in [2.24, 2.45) is 5.92 Å². The van der Waals surface area contributed by atoms with Crippen LogP contribution >= 0.6 is 0 Å². The van der Waals surface area contributed by atoms with Gasteiger partial charge in [0.15, 0.2) is 0 Å². The lowest BCUT2D eigenvalue weighted by atomic mass is 9.87. The molecule has 1 aromatic rings. The Balaban J connectivity index is 1.66. The first-order chi connectivity index (χ1) is 11.3. The van der Waals surface area contributed by atoms with E-state index in [1.54, 1.807) is 0 Å². The lowest BCUT2D eigenvalue weighted by Gasteiger charge is -2.37. The molecule has 4 rings (SSSR count). The van der Waals surface area contributed by atoms with Crippen molar-refractivity contribution in [2.45, 2.75) is 56.5 Å². The van der Waals surface area contributed by atoms with E-state index in [4.69, 9.17) is 0 Å². The van der Waals surface area contributed by atoms with Crippen LogP contribution in [-0.2, 0) is 4.79 Å². The molecule has 2 saturated heterocycles. The number of likely N-dealkylation sites (N-methyl/N-ethyl adjacent to an activating group) is 1. The molecule has 1 aromatic carbocycles. The van der Waals surface area contributed by atoms with Crippen molar-refractivity contribution >= 4 is 5.91 Å². The highest BCUT2D eigenvalue weighted by Crippen LogP contribution is 2.41. The van der Waals surface area contributed by atoms with E-state index < -0.39 is 0 Å². The summed E-state index contributed by atoms with van der Waals surface area (Å²) in [5.74, 6) is 1.24. The largest absolute Gasteiger partial charge is 0.337 e. The Bertz CT molecular complexity index is 554. The SMILES string of the molecule is CN1CCCCC[C@@H]2[C@@H]1[C@H](c1ccccc1)CN2C(=O)C1CC1. The number of carbonyl (C=O) groups is 1. The maximum Gasteiger partial charge on any atom is 0.226 e. The fraction of sp³-hybridized carbons (Fsp3) is 0.650. The van der Waals surface area contributed by atoms with E-state index in [9.17, 15) is 4.79 Å². The quantitative estimate of drug-likeness (QED) is 0.837. The lowest BCUT2D eigenvalue weighted by molar-refractivity contribution is -0.134. The fourth-order valence-corrected chi connectivity index (χ4v) is 4.70. The van der Waals surface area contributed by atoms with Crippen LogP contribution in [0.1, 0.15) is 50.0 Å². The molecule has 3 nitrogen and oxygen atoms in total. The number of amides is 1. The van der Waals surface area contributed by atoms with Gasteiger partial charge in [0.1, 0.15) is 0 Å². The highest BCUT2D eigenvalue weighted by molar-refractivity contribution is 5.82. The van der Waals surface area contributed by atoms with E-state index >= 15 is 0 Å². The molecule has 0 unspecified atom stereocenters. The molecule has 3 heteroatoms. The molecule has 0 spiro atoms. The summed E-state index contributed by atoms with van der Waals surface area (Å²) in [4.78, 5) is 17.7. The van der Waals surface area contributed by atoms with Gasteiger partial charge in [-0.2, -0.15) is 0 Å². The third-order valence-electron chi connectivity index (χ3n) is 6.06. The molecule has 2 aliphatic heterocycles. The zero-order valence-corrected chi connectivity index (χ0v) is 14.2. The van der Waals surface area contributed by atoms with E-state index in [0.717, 1.165) is 25.9 Å². The molecular weight excluding hydrogens is 284 g/mol. The van der Waals surface area contributed by atoms with Crippen molar-refractivity contribution in [1.29, 1.82) is 0 Å². The molecule has 23 heavy (non-hydrogen) atoms. The van der Waals surface area contributed by atoms with Crippen LogP contribution in [0.25, 0.3) is 0 Å². The Morgan fingerprint density at radius 2 is 1.83 bits per heavy atom. The first kappa shape index (κ1) is 15.2. The van der Waals surface area contributed by atoms with Gasteiger partial charge in [-0.25, -0.2) is 0 Å². The summed E-state index contributed by atoms with van der Waals surface area (Å²) in [7, 11) is 2.27. The summed E-state index contributed by atoms with van der Waals surface area (Å²) in [6, 6.07) is 11.8. The van der Waals surface area contributed by atoms with Crippen molar-refractivity contribution in [2.75, 3.05) is 20.1 Å². The second kappa shape index (κ2) is 6.27. The summed E-state index contributed by atoms with van der Waals surface area (Å²) in [6.45, 7) is 2.08. The van der Waals surface area contributed by atoms with Crippen LogP contribution in [-0.4, -0.2) is 47.9 Å². The molecule has 3 fully saturated rings. The molecule has 0 bridgehead atoms. The highest BCUT2D eigenvalue weighted by atomic mass is 16.2. The van der Waals surface area contributed by atoms with Crippen LogP contribution < -0.4 is 0 Å². The van der Waals surface area contributed by atoms with Crippen LogP contribution in [0.5, 0.6) is 0 Å². The molecule has 124 valence electrons. The Labute approximate surface area is 139 Å². The zero-order chi connectivity index (χ0) is 15.8. The summed E-state index contributed by atoms with van der Waals surface area (Å²) < 4.78 is 0. The molecule has 3 aliphatic rings. The average Bonchev–Trinajstić information content (AvgIpc) is 3.34. The number of benzene rings is 1. The Kier molecular flexibility index (Phi) is 4.14. The van der Waals surface area contributed by atoms with Gasteiger partial charge in [-0.3, -0.25) is 4.79 Å². The second-order valence-electron chi connectivity index (χ2n) is 7.67. The first-order valence-electron chi connectivity index (χ1n) is 9.31. The molecule has 0 aromatic heterocycles. The van der Waals surface area contributed by atoms with Gasteiger partial charge in [0.2, 0.25) is 5.91 Å². The predicted molar refractivity (Wildman–Crippen MR) is 92.3 cm³/mol. The fourth-order valence-electron chi connectivity index (χ4n) is 4.70. The Morgan fingerprint density at radius 3 is 2.57 bits per heavy atom. The predicted octanol–water partition coefficient (Wildman–Crippen LogP) is 3.27.